The first kappa shape index (κ1) is 43.7. The van der Waals surface area contributed by atoms with E-state index in [9.17, 15) is 0 Å². The minimum atomic E-state index is 1.05. The SMILES string of the molecule is C1=CC(N(c2ccccc2)c2ccc(-c3ccc(N(c4ccccc4)c4cccc(N(c5ccccc5)c5ccc(-c6ccc(N(C7=CCCC=C7)c7ccccc7)cc6)cc5)c4)cc3)cc2)=CCC1. The Kier molecular flexibility index (Phi) is 12.8. The van der Waals surface area contributed by atoms with E-state index >= 15 is 0 Å². The highest BCUT2D eigenvalue weighted by molar-refractivity contribution is 5.85. The fraction of sp³-hybridized carbons (Fsp3) is 0.0606. The fourth-order valence-corrected chi connectivity index (χ4v) is 9.61. The molecule has 0 atom stereocenters. The van der Waals surface area contributed by atoms with E-state index in [0.29, 0.717) is 0 Å². The third-order valence-electron chi connectivity index (χ3n) is 13.0. The molecule has 0 heterocycles. The third-order valence-corrected chi connectivity index (χ3v) is 13.0. The Labute approximate surface area is 413 Å². The van der Waals surface area contributed by atoms with Crippen molar-refractivity contribution in [1.82, 2.24) is 0 Å². The summed E-state index contributed by atoms with van der Waals surface area (Å²) in [5.74, 6) is 0. The summed E-state index contributed by atoms with van der Waals surface area (Å²) in [6, 6.07) is 87.2. The Morgan fingerprint density at radius 1 is 0.214 bits per heavy atom. The van der Waals surface area contributed by atoms with Gasteiger partial charge in [-0.25, -0.2) is 0 Å². The van der Waals surface area contributed by atoms with Crippen LogP contribution in [0.1, 0.15) is 25.7 Å². The van der Waals surface area contributed by atoms with Crippen LogP contribution in [0.3, 0.4) is 0 Å². The Morgan fingerprint density at radius 3 is 0.757 bits per heavy atom. The Bertz CT molecular complexity index is 3050. The van der Waals surface area contributed by atoms with Crippen LogP contribution in [-0.2, 0) is 0 Å². The van der Waals surface area contributed by atoms with Crippen LogP contribution in [0.15, 0.2) is 291 Å². The van der Waals surface area contributed by atoms with E-state index in [2.05, 4.69) is 299 Å². The number of nitrogens with zero attached hydrogens (tertiary/aromatic N) is 4. The quantitative estimate of drug-likeness (QED) is 0.108. The van der Waals surface area contributed by atoms with Crippen molar-refractivity contribution in [2.75, 3.05) is 19.6 Å². The maximum atomic E-state index is 2.34. The van der Waals surface area contributed by atoms with Gasteiger partial charge in [0, 0.05) is 68.3 Å². The number of hydrogen-bond donors (Lipinski definition) is 0. The average molecular weight is 903 g/mol. The summed E-state index contributed by atoms with van der Waals surface area (Å²) in [6.07, 6.45) is 17.9. The molecule has 2 aliphatic carbocycles. The summed E-state index contributed by atoms with van der Waals surface area (Å²) in [7, 11) is 0. The zero-order chi connectivity index (χ0) is 46.9. The molecule has 0 saturated heterocycles. The van der Waals surface area contributed by atoms with Crippen LogP contribution < -0.4 is 19.6 Å². The van der Waals surface area contributed by atoms with Crippen molar-refractivity contribution >= 4 is 56.9 Å². The molecule has 9 aromatic carbocycles. The van der Waals surface area contributed by atoms with E-state index in [1.807, 2.05) is 0 Å². The molecule has 0 unspecified atom stereocenters. The van der Waals surface area contributed by atoms with Crippen molar-refractivity contribution in [1.29, 1.82) is 0 Å². The molecule has 0 bridgehead atoms. The summed E-state index contributed by atoms with van der Waals surface area (Å²) in [5.41, 5.74) is 18.1. The van der Waals surface area contributed by atoms with Crippen molar-refractivity contribution in [2.45, 2.75) is 25.7 Å². The van der Waals surface area contributed by atoms with Gasteiger partial charge >= 0.3 is 0 Å². The summed E-state index contributed by atoms with van der Waals surface area (Å²) >= 11 is 0. The number of para-hydroxylation sites is 4. The minimum absolute atomic E-state index is 1.05. The van der Waals surface area contributed by atoms with Gasteiger partial charge in [-0.05, 0) is 175 Å². The van der Waals surface area contributed by atoms with Crippen LogP contribution >= 0.6 is 0 Å². The van der Waals surface area contributed by atoms with Gasteiger partial charge in [0.05, 0.1) is 0 Å². The smallest absolute Gasteiger partial charge is 0.0482 e. The highest BCUT2D eigenvalue weighted by atomic mass is 15.2. The monoisotopic (exact) mass is 902 g/mol. The van der Waals surface area contributed by atoms with Gasteiger partial charge in [-0.1, -0.05) is 152 Å². The predicted molar refractivity (Wildman–Crippen MR) is 297 cm³/mol. The molecule has 4 heteroatoms. The lowest BCUT2D eigenvalue weighted by Crippen LogP contribution is -2.16. The van der Waals surface area contributed by atoms with Gasteiger partial charge in [0.1, 0.15) is 0 Å². The summed E-state index contributed by atoms with van der Waals surface area (Å²) < 4.78 is 0. The second kappa shape index (κ2) is 20.6. The first-order valence-electron chi connectivity index (χ1n) is 24.4. The Balaban J connectivity index is 0.880. The lowest BCUT2D eigenvalue weighted by Gasteiger charge is -2.29. The molecule has 338 valence electrons. The predicted octanol–water partition coefficient (Wildman–Crippen LogP) is 18.7. The van der Waals surface area contributed by atoms with Crippen molar-refractivity contribution < 1.29 is 0 Å². The first-order valence-corrected chi connectivity index (χ1v) is 24.4. The normalized spacial score (nSPS) is 13.0. The van der Waals surface area contributed by atoms with E-state index in [1.165, 1.54) is 33.6 Å². The molecule has 2 aliphatic rings. The standard InChI is InChI=1S/C66H54N4/c1-7-20-55(21-8-1)67(56-22-9-2-10-23-56)61-42-34-51(35-43-61)53-38-46-63(47-39-53)69(59-28-15-5-16-29-59)65-32-19-33-66(50-65)70(60-30-17-6-18-31-60)64-48-40-54(41-49-64)52-36-44-62(45-37-52)68(57-24-11-3-12-25-57)58-26-13-4-14-27-58/h1,3,5-9,11-13,15-50H,2,4,10,14H2. The molecule has 0 N–H and O–H groups in total. The van der Waals surface area contributed by atoms with Crippen LogP contribution in [0.25, 0.3) is 22.3 Å². The average Bonchev–Trinajstić information content (AvgIpc) is 3.44. The molecule has 0 amide bonds. The van der Waals surface area contributed by atoms with Crippen LogP contribution in [-0.4, -0.2) is 0 Å². The second-order valence-electron chi connectivity index (χ2n) is 17.6. The summed E-state index contributed by atoms with van der Waals surface area (Å²) in [5, 5.41) is 0. The first-order chi connectivity index (χ1) is 34.7. The fourth-order valence-electron chi connectivity index (χ4n) is 9.61. The Hall–Kier alpha value is -8.86. The van der Waals surface area contributed by atoms with Gasteiger partial charge < -0.3 is 19.6 Å². The number of rotatable bonds is 14. The number of anilines is 10. The van der Waals surface area contributed by atoms with Gasteiger partial charge in [-0.2, -0.15) is 0 Å². The van der Waals surface area contributed by atoms with Crippen LogP contribution in [0.2, 0.25) is 0 Å². The third kappa shape index (κ3) is 9.49. The summed E-state index contributed by atoms with van der Waals surface area (Å²) in [4.78, 5) is 9.37. The molecule has 0 spiro atoms. The van der Waals surface area contributed by atoms with Crippen molar-refractivity contribution in [3.8, 4) is 22.3 Å². The largest absolute Gasteiger partial charge is 0.311 e. The zero-order valence-corrected chi connectivity index (χ0v) is 39.2. The van der Waals surface area contributed by atoms with E-state index in [1.54, 1.807) is 0 Å². The molecule has 0 saturated carbocycles. The molecular formula is C66H54N4. The zero-order valence-electron chi connectivity index (χ0n) is 39.2. The topological polar surface area (TPSA) is 13.0 Å². The molecular weight excluding hydrogens is 849 g/mol. The van der Waals surface area contributed by atoms with E-state index in [-0.39, 0.29) is 0 Å². The Morgan fingerprint density at radius 2 is 0.471 bits per heavy atom. The minimum Gasteiger partial charge on any atom is -0.311 e. The van der Waals surface area contributed by atoms with Crippen LogP contribution in [0.4, 0.5) is 56.9 Å². The van der Waals surface area contributed by atoms with E-state index in [4.69, 9.17) is 0 Å². The highest BCUT2D eigenvalue weighted by Crippen LogP contribution is 2.42. The van der Waals surface area contributed by atoms with Crippen LogP contribution in [0.5, 0.6) is 0 Å². The van der Waals surface area contributed by atoms with E-state index in [0.717, 1.165) is 82.6 Å². The van der Waals surface area contributed by atoms with Crippen molar-refractivity contribution in [3.05, 3.63) is 291 Å². The molecule has 0 aliphatic heterocycles. The highest BCUT2D eigenvalue weighted by Gasteiger charge is 2.20. The molecule has 0 radical (unpaired) electrons. The van der Waals surface area contributed by atoms with Crippen molar-refractivity contribution in [2.24, 2.45) is 0 Å². The molecule has 0 fully saturated rings. The number of hydrogen-bond acceptors (Lipinski definition) is 4. The van der Waals surface area contributed by atoms with Gasteiger partial charge in [-0.15, -0.1) is 0 Å². The molecule has 0 aromatic heterocycles. The summed E-state index contributed by atoms with van der Waals surface area (Å²) in [6.45, 7) is 0. The van der Waals surface area contributed by atoms with Gasteiger partial charge in [0.15, 0.2) is 0 Å². The molecule has 70 heavy (non-hydrogen) atoms. The maximum Gasteiger partial charge on any atom is 0.0482 e. The van der Waals surface area contributed by atoms with Crippen LogP contribution in [0, 0.1) is 0 Å². The molecule has 11 rings (SSSR count). The maximum absolute atomic E-state index is 2.34. The number of allylic oxidation sites excluding steroid dienone is 6. The van der Waals surface area contributed by atoms with Crippen molar-refractivity contribution in [3.63, 3.8) is 0 Å². The second-order valence-corrected chi connectivity index (χ2v) is 17.6. The molecule has 9 aromatic rings. The van der Waals surface area contributed by atoms with Gasteiger partial charge in [0.2, 0.25) is 0 Å². The number of benzene rings is 9. The van der Waals surface area contributed by atoms with E-state index < -0.39 is 0 Å². The lowest BCUT2D eigenvalue weighted by molar-refractivity contribution is 0.997. The molecule has 4 nitrogen and oxygen atoms in total. The van der Waals surface area contributed by atoms with Gasteiger partial charge in [-0.3, -0.25) is 0 Å². The van der Waals surface area contributed by atoms with Gasteiger partial charge in [0.25, 0.3) is 0 Å². The lowest BCUT2D eigenvalue weighted by atomic mass is 10.0.